The minimum Gasteiger partial charge on any atom is -0.465 e. The molecule has 1 amide bonds. The summed E-state index contributed by atoms with van der Waals surface area (Å²) < 4.78 is 6.41. The molecule has 0 saturated carbocycles. The molecule has 0 atom stereocenters. The van der Waals surface area contributed by atoms with E-state index in [0.717, 1.165) is 16.6 Å². The number of carbonyl (C=O) groups excluding carboxylic acids is 2. The maximum atomic E-state index is 12.5. The summed E-state index contributed by atoms with van der Waals surface area (Å²) in [4.78, 5) is 36.1. The topological polar surface area (TPSA) is 77.4 Å². The number of nitrogens with zero attached hydrogens (tertiary/aromatic N) is 1. The lowest BCUT2D eigenvalue weighted by molar-refractivity contribution is -0.116. The highest BCUT2D eigenvalue weighted by Gasteiger charge is 2.11. The van der Waals surface area contributed by atoms with Crippen molar-refractivity contribution >= 4 is 28.5 Å². The molecule has 138 valence electrons. The Morgan fingerprint density at radius 3 is 2.44 bits per heavy atom. The Labute approximate surface area is 156 Å². The Balaban J connectivity index is 1.83. The Morgan fingerprint density at radius 2 is 1.78 bits per heavy atom. The molecule has 1 heterocycles. The third-order valence-electron chi connectivity index (χ3n) is 4.32. The number of nitrogens with one attached hydrogen (secondary N) is 1. The normalized spacial score (nSPS) is 10.6. The minimum absolute atomic E-state index is 0.0578. The zero-order valence-electron chi connectivity index (χ0n) is 15.4. The first-order valence-corrected chi connectivity index (χ1v) is 8.47. The number of ether oxygens (including phenoxy) is 1. The van der Waals surface area contributed by atoms with Gasteiger partial charge in [-0.05, 0) is 55.3 Å². The van der Waals surface area contributed by atoms with Gasteiger partial charge in [-0.1, -0.05) is 6.07 Å². The second-order valence-electron chi connectivity index (χ2n) is 6.40. The number of fused-ring (bicyclic) bond motifs is 1. The van der Waals surface area contributed by atoms with Crippen LogP contribution in [0.2, 0.25) is 0 Å². The van der Waals surface area contributed by atoms with Crippen LogP contribution in [0.15, 0.2) is 53.5 Å². The van der Waals surface area contributed by atoms with Crippen molar-refractivity contribution in [2.45, 2.75) is 20.4 Å². The van der Waals surface area contributed by atoms with Gasteiger partial charge in [-0.25, -0.2) is 4.79 Å². The molecule has 0 spiro atoms. The van der Waals surface area contributed by atoms with Gasteiger partial charge in [0.15, 0.2) is 5.43 Å². The predicted molar refractivity (Wildman–Crippen MR) is 104 cm³/mol. The molecule has 0 aliphatic carbocycles. The van der Waals surface area contributed by atoms with Crippen molar-refractivity contribution < 1.29 is 14.3 Å². The van der Waals surface area contributed by atoms with Crippen LogP contribution < -0.4 is 10.7 Å². The highest BCUT2D eigenvalue weighted by atomic mass is 16.5. The van der Waals surface area contributed by atoms with E-state index in [1.54, 1.807) is 35.0 Å². The number of aryl methyl sites for hydroxylation is 2. The Hall–Kier alpha value is -3.41. The Bertz CT molecular complexity index is 1080. The first kappa shape index (κ1) is 18.4. The summed E-state index contributed by atoms with van der Waals surface area (Å²) in [7, 11) is 1.32. The van der Waals surface area contributed by atoms with Crippen LogP contribution in [0.25, 0.3) is 10.9 Å². The summed E-state index contributed by atoms with van der Waals surface area (Å²) in [5.41, 5.74) is 3.58. The third kappa shape index (κ3) is 3.89. The molecule has 0 bridgehead atoms. The molecule has 3 aromatic rings. The molecule has 0 saturated heterocycles. The van der Waals surface area contributed by atoms with Gasteiger partial charge in [0.1, 0.15) is 6.54 Å². The molecular weight excluding hydrogens is 344 g/mol. The van der Waals surface area contributed by atoms with E-state index in [2.05, 4.69) is 10.1 Å². The van der Waals surface area contributed by atoms with Gasteiger partial charge in [0, 0.05) is 23.3 Å². The van der Waals surface area contributed by atoms with E-state index in [1.807, 2.05) is 26.0 Å². The molecule has 0 unspecified atom stereocenters. The summed E-state index contributed by atoms with van der Waals surface area (Å²) in [6, 6.07) is 11.8. The number of esters is 1. The lowest BCUT2D eigenvalue weighted by atomic mass is 10.1. The van der Waals surface area contributed by atoms with Crippen LogP contribution in [-0.4, -0.2) is 23.6 Å². The Kier molecular flexibility index (Phi) is 5.07. The number of amides is 1. The van der Waals surface area contributed by atoms with Gasteiger partial charge in [-0.15, -0.1) is 0 Å². The molecular formula is C21H20N2O4. The maximum absolute atomic E-state index is 12.5. The minimum atomic E-state index is -0.432. The van der Waals surface area contributed by atoms with Gasteiger partial charge in [0.2, 0.25) is 5.91 Å². The molecule has 0 aliphatic heterocycles. The van der Waals surface area contributed by atoms with E-state index < -0.39 is 5.97 Å². The van der Waals surface area contributed by atoms with Crippen molar-refractivity contribution in [3.05, 3.63) is 75.6 Å². The van der Waals surface area contributed by atoms with E-state index in [4.69, 9.17) is 0 Å². The second kappa shape index (κ2) is 7.45. The average Bonchev–Trinajstić information content (AvgIpc) is 2.63. The molecule has 0 radical (unpaired) electrons. The van der Waals surface area contributed by atoms with Crippen LogP contribution in [0.1, 0.15) is 21.5 Å². The number of benzene rings is 2. The fraction of sp³-hybridized carbons (Fsp3) is 0.190. The first-order chi connectivity index (χ1) is 12.9. The second-order valence-corrected chi connectivity index (χ2v) is 6.40. The molecule has 6 nitrogen and oxygen atoms in total. The van der Waals surface area contributed by atoms with E-state index >= 15 is 0 Å². The van der Waals surface area contributed by atoms with Crippen LogP contribution in [0.3, 0.4) is 0 Å². The van der Waals surface area contributed by atoms with Crippen molar-refractivity contribution in [1.29, 1.82) is 0 Å². The van der Waals surface area contributed by atoms with Gasteiger partial charge >= 0.3 is 5.97 Å². The number of anilines is 1. The lowest BCUT2D eigenvalue weighted by Gasteiger charge is -2.13. The molecule has 2 aromatic carbocycles. The van der Waals surface area contributed by atoms with Gasteiger partial charge in [-0.3, -0.25) is 9.59 Å². The zero-order chi connectivity index (χ0) is 19.6. The molecule has 1 aromatic heterocycles. The van der Waals surface area contributed by atoms with Gasteiger partial charge in [-0.2, -0.15) is 0 Å². The summed E-state index contributed by atoms with van der Waals surface area (Å²) in [5, 5.41) is 3.42. The van der Waals surface area contributed by atoms with Crippen molar-refractivity contribution in [3.8, 4) is 0 Å². The quantitative estimate of drug-likeness (QED) is 0.722. The summed E-state index contributed by atoms with van der Waals surface area (Å²) in [6.45, 7) is 3.92. The fourth-order valence-corrected chi connectivity index (χ4v) is 3.11. The Morgan fingerprint density at radius 1 is 1.07 bits per heavy atom. The highest BCUT2D eigenvalue weighted by Crippen LogP contribution is 2.18. The molecule has 0 fully saturated rings. The van der Waals surface area contributed by atoms with Gasteiger partial charge in [0.25, 0.3) is 0 Å². The largest absolute Gasteiger partial charge is 0.465 e. The number of carbonyl (C=O) groups is 2. The average molecular weight is 364 g/mol. The number of aromatic nitrogens is 1. The lowest BCUT2D eigenvalue weighted by Crippen LogP contribution is -2.20. The molecule has 3 rings (SSSR count). The van der Waals surface area contributed by atoms with Crippen molar-refractivity contribution in [3.63, 3.8) is 0 Å². The smallest absolute Gasteiger partial charge is 0.337 e. The van der Waals surface area contributed by atoms with Crippen LogP contribution in [-0.2, 0) is 16.1 Å². The van der Waals surface area contributed by atoms with Crippen LogP contribution in [0.5, 0.6) is 0 Å². The SMILES string of the molecule is COC(=O)c1ccc(NC(=O)Cn2ccc(=O)c3c(C)cc(C)cc32)cc1. The molecule has 0 aliphatic rings. The fourth-order valence-electron chi connectivity index (χ4n) is 3.11. The van der Waals surface area contributed by atoms with Crippen LogP contribution >= 0.6 is 0 Å². The number of pyridine rings is 1. The van der Waals surface area contributed by atoms with E-state index in [-0.39, 0.29) is 17.9 Å². The molecule has 1 N–H and O–H groups in total. The number of hydrogen-bond donors (Lipinski definition) is 1. The van der Waals surface area contributed by atoms with Gasteiger partial charge in [0.05, 0.1) is 18.2 Å². The van der Waals surface area contributed by atoms with Crippen LogP contribution in [0.4, 0.5) is 5.69 Å². The van der Waals surface area contributed by atoms with E-state index in [1.165, 1.54) is 13.2 Å². The standard InChI is InChI=1S/C21H20N2O4/c1-13-10-14(2)20-17(11-13)23(9-8-18(20)24)12-19(25)22-16-6-4-15(5-7-16)21(26)27-3/h4-11H,12H2,1-3H3,(H,22,25). The van der Waals surface area contributed by atoms with Crippen molar-refractivity contribution in [2.75, 3.05) is 12.4 Å². The number of rotatable bonds is 4. The predicted octanol–water partition coefficient (Wildman–Crippen LogP) is 3.04. The first-order valence-electron chi connectivity index (χ1n) is 8.47. The highest BCUT2D eigenvalue weighted by molar-refractivity contribution is 5.94. The number of hydrogen-bond acceptors (Lipinski definition) is 4. The number of methoxy groups -OCH3 is 1. The summed E-state index contributed by atoms with van der Waals surface area (Å²) in [6.07, 6.45) is 1.63. The van der Waals surface area contributed by atoms with E-state index in [0.29, 0.717) is 16.6 Å². The van der Waals surface area contributed by atoms with Crippen molar-refractivity contribution in [1.82, 2.24) is 4.57 Å². The summed E-state index contributed by atoms with van der Waals surface area (Å²) >= 11 is 0. The zero-order valence-corrected chi connectivity index (χ0v) is 15.4. The monoisotopic (exact) mass is 364 g/mol. The molecule has 27 heavy (non-hydrogen) atoms. The third-order valence-corrected chi connectivity index (χ3v) is 4.32. The molecule has 6 heteroatoms. The van der Waals surface area contributed by atoms with Crippen LogP contribution in [0, 0.1) is 13.8 Å². The summed E-state index contributed by atoms with van der Waals surface area (Å²) in [5.74, 6) is -0.664. The van der Waals surface area contributed by atoms with E-state index in [9.17, 15) is 14.4 Å². The maximum Gasteiger partial charge on any atom is 0.337 e. The van der Waals surface area contributed by atoms with Crippen molar-refractivity contribution in [2.24, 2.45) is 0 Å². The van der Waals surface area contributed by atoms with Gasteiger partial charge < -0.3 is 14.6 Å².